The average molecular weight is 304 g/mol. The van der Waals surface area contributed by atoms with E-state index in [9.17, 15) is 0 Å². The van der Waals surface area contributed by atoms with Crippen molar-refractivity contribution in [1.82, 2.24) is 9.88 Å². The highest BCUT2D eigenvalue weighted by Gasteiger charge is 2.45. The molecule has 2 fully saturated rings. The normalized spacial score (nSPS) is 29.3. The van der Waals surface area contributed by atoms with Crippen molar-refractivity contribution in [3.8, 4) is 0 Å². The molecule has 2 aliphatic rings. The lowest BCUT2D eigenvalue weighted by atomic mass is 9.73. The molecule has 0 saturated carbocycles. The van der Waals surface area contributed by atoms with Gasteiger partial charge in [0.2, 0.25) is 0 Å². The maximum atomic E-state index is 6.10. The zero-order valence-electron chi connectivity index (χ0n) is 13.9. The molecule has 2 atom stereocenters. The molecule has 2 saturated heterocycles. The van der Waals surface area contributed by atoms with Gasteiger partial charge in [0.05, 0.1) is 25.0 Å². The third-order valence-electron chi connectivity index (χ3n) is 5.10. The van der Waals surface area contributed by atoms with Gasteiger partial charge in [0.15, 0.2) is 0 Å². The van der Waals surface area contributed by atoms with Crippen LogP contribution in [-0.2, 0) is 16.1 Å². The molecule has 1 aromatic rings. The van der Waals surface area contributed by atoms with Gasteiger partial charge in [-0.1, -0.05) is 13.0 Å². The summed E-state index contributed by atoms with van der Waals surface area (Å²) in [6.07, 6.45) is 3.88. The number of nitrogens with zero attached hydrogens (tertiary/aromatic N) is 2. The molecule has 0 aromatic carbocycles. The van der Waals surface area contributed by atoms with Crippen LogP contribution in [0.5, 0.6) is 0 Å². The molecule has 0 N–H and O–H groups in total. The number of aryl methyl sites for hydroxylation is 1. The summed E-state index contributed by atoms with van der Waals surface area (Å²) < 4.78 is 12.2. The van der Waals surface area contributed by atoms with Crippen molar-refractivity contribution in [3.63, 3.8) is 0 Å². The number of pyridine rings is 1. The molecule has 4 heteroatoms. The third-order valence-corrected chi connectivity index (χ3v) is 5.10. The predicted octanol–water partition coefficient (Wildman–Crippen LogP) is 2.80. The molecule has 0 amide bonds. The predicted molar refractivity (Wildman–Crippen MR) is 86.8 cm³/mol. The Bertz CT molecular complexity index is 494. The maximum absolute atomic E-state index is 6.10. The van der Waals surface area contributed by atoms with E-state index in [2.05, 4.69) is 16.8 Å². The van der Waals surface area contributed by atoms with Gasteiger partial charge in [-0.05, 0) is 44.9 Å². The molecule has 0 radical (unpaired) electrons. The van der Waals surface area contributed by atoms with Gasteiger partial charge in [0.25, 0.3) is 0 Å². The minimum atomic E-state index is 0.177. The molecule has 0 bridgehead atoms. The van der Waals surface area contributed by atoms with E-state index < -0.39 is 0 Å². The Balaban J connectivity index is 1.62. The quantitative estimate of drug-likeness (QED) is 0.838. The highest BCUT2D eigenvalue weighted by atomic mass is 16.5. The van der Waals surface area contributed by atoms with Gasteiger partial charge in [-0.25, -0.2) is 0 Å². The number of hydrogen-bond acceptors (Lipinski definition) is 4. The number of fused-ring (bicyclic) bond motifs is 1. The van der Waals surface area contributed by atoms with Gasteiger partial charge >= 0.3 is 0 Å². The van der Waals surface area contributed by atoms with Crippen molar-refractivity contribution >= 4 is 0 Å². The fourth-order valence-electron chi connectivity index (χ4n) is 3.90. The number of rotatable bonds is 5. The largest absolute Gasteiger partial charge is 0.377 e. The summed E-state index contributed by atoms with van der Waals surface area (Å²) in [6, 6.07) is 6.11. The van der Waals surface area contributed by atoms with Crippen LogP contribution in [-0.4, -0.2) is 48.8 Å². The fourth-order valence-corrected chi connectivity index (χ4v) is 3.90. The Morgan fingerprint density at radius 2 is 2.36 bits per heavy atom. The maximum Gasteiger partial charge on any atom is 0.0888 e. The summed E-state index contributed by atoms with van der Waals surface area (Å²) in [5.74, 6) is 0. The Morgan fingerprint density at radius 3 is 3.18 bits per heavy atom. The topological polar surface area (TPSA) is 34.6 Å². The second-order valence-corrected chi connectivity index (χ2v) is 6.75. The second kappa shape index (κ2) is 7.07. The number of hydrogen-bond donors (Lipinski definition) is 0. The fraction of sp³-hybridized carbons (Fsp3) is 0.722. The highest BCUT2D eigenvalue weighted by Crippen LogP contribution is 2.40. The molecule has 3 heterocycles. The minimum absolute atomic E-state index is 0.177. The van der Waals surface area contributed by atoms with Crippen LogP contribution in [0.4, 0.5) is 0 Å². The Morgan fingerprint density at radius 1 is 1.45 bits per heavy atom. The molecule has 0 spiro atoms. The number of aromatic nitrogens is 1. The first-order chi connectivity index (χ1) is 10.7. The first kappa shape index (κ1) is 15.9. The van der Waals surface area contributed by atoms with Gasteiger partial charge in [0.1, 0.15) is 0 Å². The van der Waals surface area contributed by atoms with Gasteiger partial charge < -0.3 is 14.4 Å². The Kier molecular flexibility index (Phi) is 5.11. The summed E-state index contributed by atoms with van der Waals surface area (Å²) in [5.41, 5.74) is 2.25. The lowest BCUT2D eigenvalue weighted by molar-refractivity contribution is -0.154. The SMILES string of the molecule is CCN1CCC2OCCCC2(COCc2cccc(C)n2)C1. The van der Waals surface area contributed by atoms with Gasteiger partial charge in [-0.3, -0.25) is 4.98 Å². The average Bonchev–Trinajstić information content (AvgIpc) is 2.54. The van der Waals surface area contributed by atoms with Gasteiger partial charge in [-0.15, -0.1) is 0 Å². The van der Waals surface area contributed by atoms with Crippen LogP contribution in [0.2, 0.25) is 0 Å². The molecule has 1 aromatic heterocycles. The third kappa shape index (κ3) is 3.50. The van der Waals surface area contributed by atoms with Crippen LogP contribution in [0, 0.1) is 12.3 Å². The summed E-state index contributed by atoms with van der Waals surface area (Å²) in [4.78, 5) is 7.06. The molecular formula is C18H28N2O2. The van der Waals surface area contributed by atoms with Crippen molar-refractivity contribution in [2.45, 2.75) is 45.8 Å². The second-order valence-electron chi connectivity index (χ2n) is 6.75. The molecule has 122 valence electrons. The zero-order chi connectivity index (χ0) is 15.4. The van der Waals surface area contributed by atoms with Crippen LogP contribution >= 0.6 is 0 Å². The van der Waals surface area contributed by atoms with Gasteiger partial charge in [-0.2, -0.15) is 0 Å². The van der Waals surface area contributed by atoms with E-state index in [-0.39, 0.29) is 5.41 Å². The zero-order valence-corrected chi connectivity index (χ0v) is 13.9. The minimum Gasteiger partial charge on any atom is -0.377 e. The standard InChI is InChI=1S/C18H28N2O2/c1-3-20-10-8-17-18(13-20,9-5-11-22-17)14-21-12-16-7-4-6-15(2)19-16/h4,6-7,17H,3,5,8-14H2,1-2H3. The van der Waals surface area contributed by atoms with E-state index in [1.54, 1.807) is 0 Å². The van der Waals surface area contributed by atoms with E-state index in [1.165, 1.54) is 6.42 Å². The molecule has 2 aliphatic heterocycles. The highest BCUT2D eigenvalue weighted by molar-refractivity contribution is 5.09. The van der Waals surface area contributed by atoms with E-state index in [4.69, 9.17) is 9.47 Å². The monoisotopic (exact) mass is 304 g/mol. The molecule has 2 unspecified atom stereocenters. The van der Waals surface area contributed by atoms with Crippen molar-refractivity contribution in [1.29, 1.82) is 0 Å². The van der Waals surface area contributed by atoms with Crippen LogP contribution in [0.3, 0.4) is 0 Å². The molecule has 3 rings (SSSR count). The summed E-state index contributed by atoms with van der Waals surface area (Å²) in [7, 11) is 0. The molecule has 22 heavy (non-hydrogen) atoms. The van der Waals surface area contributed by atoms with E-state index in [0.29, 0.717) is 12.7 Å². The van der Waals surface area contributed by atoms with Crippen molar-refractivity contribution in [2.75, 3.05) is 32.8 Å². The summed E-state index contributed by atoms with van der Waals surface area (Å²) in [6.45, 7) is 9.94. The van der Waals surface area contributed by atoms with Crippen LogP contribution in [0.1, 0.15) is 37.6 Å². The molecule has 4 nitrogen and oxygen atoms in total. The van der Waals surface area contributed by atoms with E-state index in [0.717, 1.165) is 57.1 Å². The van der Waals surface area contributed by atoms with Gasteiger partial charge in [0, 0.05) is 30.8 Å². The van der Waals surface area contributed by atoms with Crippen LogP contribution in [0.15, 0.2) is 18.2 Å². The van der Waals surface area contributed by atoms with Crippen LogP contribution in [0.25, 0.3) is 0 Å². The Hall–Kier alpha value is -0.970. The van der Waals surface area contributed by atoms with E-state index in [1.807, 2.05) is 25.1 Å². The first-order valence-electron chi connectivity index (χ1n) is 8.56. The summed E-state index contributed by atoms with van der Waals surface area (Å²) in [5, 5.41) is 0. The van der Waals surface area contributed by atoms with Crippen molar-refractivity contribution < 1.29 is 9.47 Å². The number of ether oxygens (including phenoxy) is 2. The van der Waals surface area contributed by atoms with Crippen molar-refractivity contribution in [3.05, 3.63) is 29.6 Å². The number of piperidine rings is 1. The number of likely N-dealkylation sites (tertiary alicyclic amines) is 1. The lowest BCUT2D eigenvalue weighted by Crippen LogP contribution is -2.56. The molecule has 0 aliphatic carbocycles. The van der Waals surface area contributed by atoms with Crippen LogP contribution < -0.4 is 0 Å². The van der Waals surface area contributed by atoms with Crippen molar-refractivity contribution in [2.24, 2.45) is 5.41 Å². The molecular weight excluding hydrogens is 276 g/mol. The smallest absolute Gasteiger partial charge is 0.0888 e. The summed E-state index contributed by atoms with van der Waals surface area (Å²) >= 11 is 0. The van der Waals surface area contributed by atoms with E-state index >= 15 is 0 Å². The lowest BCUT2D eigenvalue weighted by Gasteiger charge is -2.50. The first-order valence-corrected chi connectivity index (χ1v) is 8.56. The Labute approximate surface area is 133 Å².